The summed E-state index contributed by atoms with van der Waals surface area (Å²) < 4.78 is 40.7. The summed E-state index contributed by atoms with van der Waals surface area (Å²) >= 11 is 0. The van der Waals surface area contributed by atoms with Crippen LogP contribution in [0.3, 0.4) is 0 Å². The van der Waals surface area contributed by atoms with Crippen molar-refractivity contribution in [1.82, 2.24) is 24.7 Å². The van der Waals surface area contributed by atoms with Crippen molar-refractivity contribution in [2.75, 3.05) is 24.5 Å². The maximum absolute atomic E-state index is 13.1. The van der Waals surface area contributed by atoms with Crippen LogP contribution in [-0.2, 0) is 11.0 Å². The number of halogens is 3. The third-order valence-corrected chi connectivity index (χ3v) is 5.67. The minimum absolute atomic E-state index is 0.0675. The van der Waals surface area contributed by atoms with E-state index in [1.807, 2.05) is 4.90 Å². The number of aromatic nitrogens is 4. The number of imidazole rings is 1. The average Bonchev–Trinajstić information content (AvgIpc) is 3.15. The molecule has 150 valence electrons. The molecule has 0 saturated carbocycles. The number of anilines is 1. The van der Waals surface area contributed by atoms with Gasteiger partial charge >= 0.3 is 6.18 Å². The van der Waals surface area contributed by atoms with Gasteiger partial charge in [-0.1, -0.05) is 0 Å². The second kappa shape index (κ2) is 6.16. The van der Waals surface area contributed by atoms with Crippen molar-refractivity contribution >= 4 is 17.4 Å². The summed E-state index contributed by atoms with van der Waals surface area (Å²) in [6, 6.07) is 4.07. The number of nitrogens with one attached hydrogen (secondary N) is 1. The highest BCUT2D eigenvalue weighted by molar-refractivity contribution is 5.89. The van der Waals surface area contributed by atoms with Crippen LogP contribution in [0.5, 0.6) is 0 Å². The summed E-state index contributed by atoms with van der Waals surface area (Å²) in [6.45, 7) is 1.99. The van der Waals surface area contributed by atoms with E-state index in [-0.39, 0.29) is 17.1 Å². The van der Waals surface area contributed by atoms with Crippen LogP contribution >= 0.6 is 0 Å². The standard InChI is InChI=1S/C19H17F3N6O/c20-19(21,22)12-2-3-14-24-8-13(28(14)9-12)16-23-6-4-15(26-16)27-7-1-5-18(11-27)10-25-17(18)29/h2-4,6,8-9H,1,5,7,10-11H2,(H,25,29). The molecule has 3 aromatic rings. The highest BCUT2D eigenvalue weighted by Gasteiger charge is 2.49. The summed E-state index contributed by atoms with van der Waals surface area (Å²) in [6.07, 6.45) is 1.31. The average molecular weight is 402 g/mol. The summed E-state index contributed by atoms with van der Waals surface area (Å²) in [7, 11) is 0. The molecule has 29 heavy (non-hydrogen) atoms. The van der Waals surface area contributed by atoms with Crippen LogP contribution in [0.1, 0.15) is 18.4 Å². The van der Waals surface area contributed by atoms with Gasteiger partial charge in [-0.25, -0.2) is 15.0 Å². The Balaban J connectivity index is 1.51. The molecule has 1 amide bonds. The third-order valence-electron chi connectivity index (χ3n) is 5.67. The molecular weight excluding hydrogens is 385 g/mol. The zero-order chi connectivity index (χ0) is 20.2. The van der Waals surface area contributed by atoms with E-state index in [9.17, 15) is 18.0 Å². The normalized spacial score (nSPS) is 22.0. The first-order valence-corrected chi connectivity index (χ1v) is 9.27. The minimum atomic E-state index is -4.45. The lowest BCUT2D eigenvalue weighted by Crippen LogP contribution is -2.65. The topological polar surface area (TPSA) is 75.4 Å². The summed E-state index contributed by atoms with van der Waals surface area (Å²) in [5.74, 6) is 1.00. The first-order chi connectivity index (χ1) is 13.9. The van der Waals surface area contributed by atoms with Gasteiger partial charge in [-0.3, -0.25) is 9.20 Å². The largest absolute Gasteiger partial charge is 0.417 e. The molecular formula is C19H17F3N6O. The Bertz CT molecular complexity index is 1110. The van der Waals surface area contributed by atoms with Gasteiger partial charge in [0.2, 0.25) is 5.91 Å². The van der Waals surface area contributed by atoms with Gasteiger partial charge in [0.1, 0.15) is 17.2 Å². The lowest BCUT2D eigenvalue weighted by atomic mass is 9.74. The van der Waals surface area contributed by atoms with E-state index in [4.69, 9.17) is 0 Å². The molecule has 2 fully saturated rings. The Morgan fingerprint density at radius 1 is 1.17 bits per heavy atom. The molecule has 10 heteroatoms. The zero-order valence-corrected chi connectivity index (χ0v) is 15.3. The van der Waals surface area contributed by atoms with E-state index in [0.717, 1.165) is 31.6 Å². The summed E-state index contributed by atoms with van der Waals surface area (Å²) in [5, 5.41) is 2.81. The van der Waals surface area contributed by atoms with Crippen LogP contribution in [0, 0.1) is 5.41 Å². The Morgan fingerprint density at radius 2 is 2.03 bits per heavy atom. The van der Waals surface area contributed by atoms with E-state index < -0.39 is 11.7 Å². The zero-order valence-electron chi connectivity index (χ0n) is 15.3. The number of fused-ring (bicyclic) bond motifs is 1. The van der Waals surface area contributed by atoms with E-state index in [2.05, 4.69) is 20.3 Å². The Hall–Kier alpha value is -3.17. The van der Waals surface area contributed by atoms with E-state index in [1.54, 1.807) is 12.3 Å². The van der Waals surface area contributed by atoms with Crippen molar-refractivity contribution < 1.29 is 18.0 Å². The quantitative estimate of drug-likeness (QED) is 0.667. The van der Waals surface area contributed by atoms with Gasteiger partial charge in [-0.2, -0.15) is 13.2 Å². The molecule has 1 atom stereocenters. The number of piperidine rings is 1. The number of nitrogens with zero attached hydrogens (tertiary/aromatic N) is 5. The van der Waals surface area contributed by atoms with E-state index >= 15 is 0 Å². The van der Waals surface area contributed by atoms with Crippen molar-refractivity contribution in [2.24, 2.45) is 5.41 Å². The maximum atomic E-state index is 13.1. The van der Waals surface area contributed by atoms with Gasteiger partial charge in [0.15, 0.2) is 5.82 Å². The van der Waals surface area contributed by atoms with Gasteiger partial charge in [0.25, 0.3) is 0 Å². The van der Waals surface area contributed by atoms with Crippen LogP contribution in [-0.4, -0.2) is 44.9 Å². The molecule has 1 unspecified atom stereocenters. The molecule has 1 spiro atoms. The fraction of sp³-hybridized carbons (Fsp3) is 0.368. The van der Waals surface area contributed by atoms with Crippen LogP contribution in [0.2, 0.25) is 0 Å². The number of pyridine rings is 1. The third kappa shape index (κ3) is 2.90. The lowest BCUT2D eigenvalue weighted by molar-refractivity contribution is -0.140. The van der Waals surface area contributed by atoms with Crippen molar-refractivity contribution in [3.63, 3.8) is 0 Å². The fourth-order valence-corrected chi connectivity index (χ4v) is 4.03. The number of β-lactam (4-membered cyclic amide) rings is 1. The van der Waals surface area contributed by atoms with Gasteiger partial charge < -0.3 is 10.2 Å². The molecule has 5 heterocycles. The molecule has 2 aliphatic rings. The predicted octanol–water partition coefficient (Wildman–Crippen LogP) is 2.53. The minimum Gasteiger partial charge on any atom is -0.355 e. The van der Waals surface area contributed by atoms with Gasteiger partial charge in [-0.15, -0.1) is 0 Å². The van der Waals surface area contributed by atoms with Crippen LogP contribution in [0.15, 0.2) is 36.8 Å². The van der Waals surface area contributed by atoms with Crippen molar-refractivity contribution in [1.29, 1.82) is 0 Å². The number of amides is 1. The molecule has 0 radical (unpaired) electrons. The number of rotatable bonds is 2. The Labute approximate surface area is 163 Å². The van der Waals surface area contributed by atoms with Gasteiger partial charge in [0.05, 0.1) is 17.2 Å². The molecule has 3 aromatic heterocycles. The van der Waals surface area contributed by atoms with Crippen LogP contribution in [0.4, 0.5) is 19.0 Å². The first kappa shape index (κ1) is 17.9. The number of carbonyl (C=O) groups excluding carboxylic acids is 1. The number of hydrogen-bond donors (Lipinski definition) is 1. The molecule has 5 rings (SSSR count). The maximum Gasteiger partial charge on any atom is 0.417 e. The summed E-state index contributed by atoms with van der Waals surface area (Å²) in [5.41, 5.74) is -0.380. The molecule has 0 aliphatic carbocycles. The monoisotopic (exact) mass is 402 g/mol. The fourth-order valence-electron chi connectivity index (χ4n) is 4.03. The molecule has 2 aliphatic heterocycles. The van der Waals surface area contributed by atoms with E-state index in [1.165, 1.54) is 16.7 Å². The summed E-state index contributed by atoms with van der Waals surface area (Å²) in [4.78, 5) is 27.0. The van der Waals surface area contributed by atoms with Crippen LogP contribution in [0.25, 0.3) is 17.2 Å². The van der Waals surface area contributed by atoms with Crippen LogP contribution < -0.4 is 10.2 Å². The highest BCUT2D eigenvalue weighted by Crippen LogP contribution is 2.36. The molecule has 0 bridgehead atoms. The molecule has 1 N–H and O–H groups in total. The lowest BCUT2D eigenvalue weighted by Gasteiger charge is -2.47. The smallest absolute Gasteiger partial charge is 0.355 e. The van der Waals surface area contributed by atoms with Crippen molar-refractivity contribution in [3.8, 4) is 11.5 Å². The predicted molar refractivity (Wildman–Crippen MR) is 98.1 cm³/mol. The van der Waals surface area contributed by atoms with E-state index in [0.29, 0.717) is 30.2 Å². The highest BCUT2D eigenvalue weighted by atomic mass is 19.4. The number of carbonyl (C=O) groups is 1. The SMILES string of the molecule is O=C1NCC12CCCN(c1ccnc(-c3cnc4ccc(C(F)(F)F)cn34)n1)C2. The van der Waals surface area contributed by atoms with Crippen molar-refractivity contribution in [3.05, 3.63) is 42.4 Å². The number of hydrogen-bond acceptors (Lipinski definition) is 5. The second-order valence-electron chi connectivity index (χ2n) is 7.51. The van der Waals surface area contributed by atoms with Gasteiger partial charge in [-0.05, 0) is 31.0 Å². The molecule has 2 saturated heterocycles. The van der Waals surface area contributed by atoms with Gasteiger partial charge in [0, 0.05) is 32.0 Å². The van der Waals surface area contributed by atoms with Crippen molar-refractivity contribution in [2.45, 2.75) is 19.0 Å². The molecule has 0 aromatic carbocycles. The first-order valence-electron chi connectivity index (χ1n) is 9.27. The molecule has 7 nitrogen and oxygen atoms in total. The second-order valence-corrected chi connectivity index (χ2v) is 7.51. The Morgan fingerprint density at radius 3 is 2.76 bits per heavy atom. The Kier molecular flexibility index (Phi) is 3.80. The number of alkyl halides is 3.